The van der Waals surface area contributed by atoms with E-state index in [-0.39, 0.29) is 0 Å². The highest BCUT2D eigenvalue weighted by molar-refractivity contribution is 8.11. The lowest BCUT2D eigenvalue weighted by molar-refractivity contribution is 0.405. The van der Waals surface area contributed by atoms with E-state index in [0.717, 1.165) is 19.3 Å². The summed E-state index contributed by atoms with van der Waals surface area (Å²) in [5.41, 5.74) is 0. The summed E-state index contributed by atoms with van der Waals surface area (Å²) >= 11 is 0. The van der Waals surface area contributed by atoms with Gasteiger partial charge in [-0.2, -0.15) is 12.7 Å². The van der Waals surface area contributed by atoms with Crippen molar-refractivity contribution < 1.29 is 8.42 Å². The van der Waals surface area contributed by atoms with Crippen LogP contribution in [0.15, 0.2) is 0 Å². The Morgan fingerprint density at radius 2 is 2.08 bits per heavy atom. The zero-order chi connectivity index (χ0) is 9.19. The minimum atomic E-state index is -3.48. The first-order valence-corrected chi connectivity index (χ1v) is 6.50. The predicted molar refractivity (Wildman–Crippen MR) is 49.4 cm³/mol. The molecule has 3 nitrogen and oxygen atoms in total. The van der Waals surface area contributed by atoms with E-state index in [0.29, 0.717) is 19.0 Å². The smallest absolute Gasteiger partial charge is 0.195 e. The monoisotopic (exact) mass is 211 g/mol. The van der Waals surface area contributed by atoms with Crippen LogP contribution in [0.5, 0.6) is 0 Å². The van der Waals surface area contributed by atoms with Gasteiger partial charge in [0, 0.05) is 23.8 Å². The van der Waals surface area contributed by atoms with Gasteiger partial charge in [0.15, 0.2) is 0 Å². The van der Waals surface area contributed by atoms with Gasteiger partial charge in [-0.15, -0.1) is 0 Å². The number of nitrogens with zero attached hydrogens (tertiary/aromatic N) is 1. The summed E-state index contributed by atoms with van der Waals surface area (Å²) in [6, 6.07) is 0. The maximum absolute atomic E-state index is 11.0. The molecule has 1 saturated carbocycles. The van der Waals surface area contributed by atoms with Gasteiger partial charge in [-0.05, 0) is 25.2 Å². The first kappa shape index (κ1) is 10.3. The first-order chi connectivity index (χ1) is 5.54. The molecule has 0 amide bonds. The third kappa shape index (κ3) is 3.29. The highest BCUT2D eigenvalue weighted by Gasteiger charge is 2.28. The molecule has 0 aromatic rings. The molecule has 0 bridgehead atoms. The molecular weight excluding hydrogens is 198 g/mol. The van der Waals surface area contributed by atoms with Crippen molar-refractivity contribution in [3.05, 3.63) is 0 Å². The molecule has 1 aliphatic rings. The molecule has 5 heteroatoms. The molecule has 0 N–H and O–H groups in total. The molecule has 1 rings (SSSR count). The van der Waals surface area contributed by atoms with Crippen LogP contribution in [0.25, 0.3) is 0 Å². The second kappa shape index (κ2) is 3.94. The van der Waals surface area contributed by atoms with Gasteiger partial charge in [-0.25, -0.2) is 0 Å². The normalized spacial score (nSPS) is 18.6. The minimum absolute atomic E-state index is 0.544. The molecule has 0 heterocycles. The fraction of sp³-hybridized carbons (Fsp3) is 1.00. The van der Waals surface area contributed by atoms with Crippen molar-refractivity contribution in [3.8, 4) is 0 Å². The lowest BCUT2D eigenvalue weighted by atomic mass is 10.4. The number of rotatable bonds is 5. The van der Waals surface area contributed by atoms with Gasteiger partial charge in [0.1, 0.15) is 0 Å². The van der Waals surface area contributed by atoms with E-state index in [4.69, 9.17) is 10.7 Å². The second-order valence-corrected chi connectivity index (χ2v) is 5.75. The Hall–Kier alpha value is 0.200. The summed E-state index contributed by atoms with van der Waals surface area (Å²) in [5.74, 6) is 0.560. The Kier molecular flexibility index (Phi) is 3.37. The predicted octanol–water partition coefficient (Wildman–Crippen LogP) is 1.59. The number of hydrogen-bond donors (Lipinski definition) is 0. The average Bonchev–Trinajstić information content (AvgIpc) is 2.68. The van der Waals surface area contributed by atoms with E-state index in [1.165, 1.54) is 4.31 Å². The summed E-state index contributed by atoms with van der Waals surface area (Å²) in [6.07, 6.45) is 3.11. The van der Waals surface area contributed by atoms with Crippen molar-refractivity contribution >= 4 is 19.9 Å². The molecule has 0 aromatic heterocycles. The topological polar surface area (TPSA) is 37.4 Å². The van der Waals surface area contributed by atoms with E-state index in [2.05, 4.69) is 0 Å². The van der Waals surface area contributed by atoms with E-state index in [1.807, 2.05) is 6.92 Å². The summed E-state index contributed by atoms with van der Waals surface area (Å²) in [4.78, 5) is 0. The molecule has 0 radical (unpaired) electrons. The summed E-state index contributed by atoms with van der Waals surface area (Å²) in [5, 5.41) is 0. The van der Waals surface area contributed by atoms with Crippen LogP contribution in [0.1, 0.15) is 26.2 Å². The highest BCUT2D eigenvalue weighted by atomic mass is 35.7. The fourth-order valence-corrected chi connectivity index (χ4v) is 2.29. The SMILES string of the molecule is CCCN(CC1CC1)S(=O)(=O)Cl. The lowest BCUT2D eigenvalue weighted by Crippen LogP contribution is -2.29. The summed E-state index contributed by atoms with van der Waals surface area (Å²) < 4.78 is 23.3. The van der Waals surface area contributed by atoms with E-state index in [1.54, 1.807) is 0 Å². The molecule has 0 aromatic carbocycles. The Morgan fingerprint density at radius 1 is 1.50 bits per heavy atom. The van der Waals surface area contributed by atoms with Crippen LogP contribution in [0.4, 0.5) is 0 Å². The van der Waals surface area contributed by atoms with Crippen LogP contribution < -0.4 is 0 Å². The molecule has 0 unspecified atom stereocenters. The minimum Gasteiger partial charge on any atom is -0.195 e. The van der Waals surface area contributed by atoms with Crippen molar-refractivity contribution in [1.29, 1.82) is 0 Å². The molecule has 72 valence electrons. The van der Waals surface area contributed by atoms with Crippen molar-refractivity contribution in [2.45, 2.75) is 26.2 Å². The van der Waals surface area contributed by atoms with E-state index >= 15 is 0 Å². The van der Waals surface area contributed by atoms with Crippen molar-refractivity contribution in [3.63, 3.8) is 0 Å². The Bertz CT molecular complexity index is 236. The maximum Gasteiger partial charge on any atom is 0.299 e. The van der Waals surface area contributed by atoms with Crippen LogP contribution in [0, 0.1) is 5.92 Å². The summed E-state index contributed by atoms with van der Waals surface area (Å²) in [7, 11) is 1.77. The molecule has 1 aliphatic carbocycles. The largest absolute Gasteiger partial charge is 0.299 e. The van der Waals surface area contributed by atoms with Crippen molar-refractivity contribution in [2.24, 2.45) is 5.92 Å². The molecule has 12 heavy (non-hydrogen) atoms. The van der Waals surface area contributed by atoms with Gasteiger partial charge < -0.3 is 0 Å². The third-order valence-electron chi connectivity index (χ3n) is 1.94. The molecule has 0 aliphatic heterocycles. The molecular formula is C7H14ClNO2S. The van der Waals surface area contributed by atoms with E-state index in [9.17, 15) is 8.42 Å². The van der Waals surface area contributed by atoms with Gasteiger partial charge in [-0.3, -0.25) is 0 Å². The highest BCUT2D eigenvalue weighted by Crippen LogP contribution is 2.30. The van der Waals surface area contributed by atoms with Crippen LogP contribution in [0.2, 0.25) is 0 Å². The van der Waals surface area contributed by atoms with Crippen LogP contribution in [-0.2, 0) is 9.24 Å². The zero-order valence-corrected chi connectivity index (χ0v) is 8.74. The Labute approximate surface area is 78.3 Å². The van der Waals surface area contributed by atoms with Crippen LogP contribution in [-0.4, -0.2) is 25.8 Å². The molecule has 1 fully saturated rings. The third-order valence-corrected chi connectivity index (χ3v) is 3.47. The number of hydrogen-bond acceptors (Lipinski definition) is 2. The molecule has 0 atom stereocenters. The Morgan fingerprint density at radius 3 is 2.42 bits per heavy atom. The van der Waals surface area contributed by atoms with Gasteiger partial charge >= 0.3 is 0 Å². The van der Waals surface area contributed by atoms with Gasteiger partial charge in [0.2, 0.25) is 0 Å². The first-order valence-electron chi connectivity index (χ1n) is 4.23. The van der Waals surface area contributed by atoms with Crippen molar-refractivity contribution in [2.75, 3.05) is 13.1 Å². The maximum atomic E-state index is 11.0. The van der Waals surface area contributed by atoms with Crippen molar-refractivity contribution in [1.82, 2.24) is 4.31 Å². The lowest BCUT2D eigenvalue weighted by Gasteiger charge is -2.16. The molecule has 0 spiro atoms. The second-order valence-electron chi connectivity index (χ2n) is 3.24. The quantitative estimate of drug-likeness (QED) is 0.648. The van der Waals surface area contributed by atoms with Crippen LogP contribution >= 0.6 is 10.7 Å². The average molecular weight is 212 g/mol. The molecule has 0 saturated heterocycles. The van der Waals surface area contributed by atoms with Gasteiger partial charge in [-0.1, -0.05) is 6.92 Å². The Balaban J connectivity index is 2.47. The van der Waals surface area contributed by atoms with E-state index < -0.39 is 9.24 Å². The van der Waals surface area contributed by atoms with Gasteiger partial charge in [0.05, 0.1) is 0 Å². The number of halogens is 1. The van der Waals surface area contributed by atoms with Crippen LogP contribution in [0.3, 0.4) is 0 Å². The standard InChI is InChI=1S/C7H14ClNO2S/c1-2-5-9(12(8,10)11)6-7-3-4-7/h7H,2-6H2,1H3. The summed E-state index contributed by atoms with van der Waals surface area (Å²) in [6.45, 7) is 3.10. The fourth-order valence-electron chi connectivity index (χ4n) is 1.13. The van der Waals surface area contributed by atoms with Gasteiger partial charge in [0.25, 0.3) is 9.24 Å². The zero-order valence-electron chi connectivity index (χ0n) is 7.16.